The van der Waals surface area contributed by atoms with Gasteiger partial charge in [-0.05, 0) is 13.3 Å². The summed E-state index contributed by atoms with van der Waals surface area (Å²) in [5, 5.41) is 0. The molecule has 0 saturated carbocycles. The molecule has 86 valence electrons. The molecule has 15 heavy (non-hydrogen) atoms. The van der Waals surface area contributed by atoms with Gasteiger partial charge in [-0.2, -0.15) is 0 Å². The Morgan fingerprint density at radius 1 is 1.67 bits per heavy atom. The van der Waals surface area contributed by atoms with Crippen molar-refractivity contribution >= 4 is 11.9 Å². The summed E-state index contributed by atoms with van der Waals surface area (Å²) in [6, 6.07) is 0. The Labute approximate surface area is 89.9 Å². The summed E-state index contributed by atoms with van der Waals surface area (Å²) in [6.07, 6.45) is 1.79. The van der Waals surface area contributed by atoms with Gasteiger partial charge >= 0.3 is 11.9 Å². The van der Waals surface area contributed by atoms with Crippen LogP contribution in [0, 0.1) is 11.3 Å². The number of rotatable bonds is 4. The van der Waals surface area contributed by atoms with Crippen molar-refractivity contribution in [2.75, 3.05) is 13.2 Å². The Morgan fingerprint density at radius 2 is 2.33 bits per heavy atom. The molecule has 1 heterocycles. The third kappa shape index (κ3) is 2.13. The predicted octanol–water partition coefficient (Wildman–Crippen LogP) is 1.53. The molecule has 1 rings (SSSR count). The molecule has 1 aliphatic rings. The van der Waals surface area contributed by atoms with Crippen molar-refractivity contribution in [3.05, 3.63) is 0 Å². The second kappa shape index (κ2) is 4.64. The standard InChI is InChI=1S/C11H18O4/c1-4-5-6-14-9(12)11(3)8(2)7-15-10(11)13/h8H,4-7H2,1-3H3. The minimum atomic E-state index is -1.10. The Kier molecular flexibility index (Phi) is 3.72. The summed E-state index contributed by atoms with van der Waals surface area (Å²) in [7, 11) is 0. The predicted molar refractivity (Wildman–Crippen MR) is 54.1 cm³/mol. The average molecular weight is 214 g/mol. The van der Waals surface area contributed by atoms with Crippen LogP contribution >= 0.6 is 0 Å². The second-order valence-corrected chi connectivity index (χ2v) is 4.19. The van der Waals surface area contributed by atoms with Gasteiger partial charge in [0.15, 0.2) is 5.41 Å². The van der Waals surface area contributed by atoms with Crippen LogP contribution in [0.25, 0.3) is 0 Å². The van der Waals surface area contributed by atoms with E-state index in [2.05, 4.69) is 0 Å². The van der Waals surface area contributed by atoms with Crippen molar-refractivity contribution in [3.63, 3.8) is 0 Å². The van der Waals surface area contributed by atoms with Gasteiger partial charge in [-0.1, -0.05) is 20.3 Å². The summed E-state index contributed by atoms with van der Waals surface area (Å²) in [5.41, 5.74) is -1.10. The number of ether oxygens (including phenoxy) is 2. The van der Waals surface area contributed by atoms with Gasteiger partial charge in [0.1, 0.15) is 0 Å². The van der Waals surface area contributed by atoms with E-state index in [1.54, 1.807) is 6.92 Å². The zero-order chi connectivity index (χ0) is 11.5. The van der Waals surface area contributed by atoms with Crippen molar-refractivity contribution in [1.82, 2.24) is 0 Å². The Bertz CT molecular complexity index is 261. The quantitative estimate of drug-likeness (QED) is 0.404. The molecule has 0 aromatic carbocycles. The van der Waals surface area contributed by atoms with E-state index in [1.165, 1.54) is 0 Å². The number of cyclic esters (lactones) is 1. The molecule has 0 aliphatic carbocycles. The largest absolute Gasteiger partial charge is 0.465 e. The smallest absolute Gasteiger partial charge is 0.323 e. The monoisotopic (exact) mass is 214 g/mol. The van der Waals surface area contributed by atoms with Crippen LogP contribution in [-0.4, -0.2) is 25.2 Å². The van der Waals surface area contributed by atoms with E-state index >= 15 is 0 Å². The molecule has 0 radical (unpaired) electrons. The number of carbonyl (C=O) groups excluding carboxylic acids is 2. The third-order valence-electron chi connectivity index (χ3n) is 3.03. The van der Waals surface area contributed by atoms with E-state index in [0.717, 1.165) is 12.8 Å². The van der Waals surface area contributed by atoms with E-state index in [1.807, 2.05) is 13.8 Å². The van der Waals surface area contributed by atoms with Crippen molar-refractivity contribution in [2.45, 2.75) is 33.6 Å². The highest BCUT2D eigenvalue weighted by molar-refractivity contribution is 6.01. The van der Waals surface area contributed by atoms with Crippen molar-refractivity contribution in [1.29, 1.82) is 0 Å². The molecule has 0 aromatic rings. The summed E-state index contributed by atoms with van der Waals surface area (Å²) in [6.45, 7) is 6.12. The minimum Gasteiger partial charge on any atom is -0.465 e. The highest BCUT2D eigenvalue weighted by Crippen LogP contribution is 2.36. The molecule has 0 aromatic heterocycles. The van der Waals surface area contributed by atoms with Gasteiger partial charge in [0.05, 0.1) is 13.2 Å². The van der Waals surface area contributed by atoms with Crippen molar-refractivity contribution in [2.24, 2.45) is 11.3 Å². The van der Waals surface area contributed by atoms with Crippen molar-refractivity contribution in [3.8, 4) is 0 Å². The maximum absolute atomic E-state index is 11.7. The van der Waals surface area contributed by atoms with E-state index in [4.69, 9.17) is 9.47 Å². The van der Waals surface area contributed by atoms with E-state index in [9.17, 15) is 9.59 Å². The Balaban J connectivity index is 2.60. The third-order valence-corrected chi connectivity index (χ3v) is 3.03. The number of esters is 2. The maximum Gasteiger partial charge on any atom is 0.323 e. The van der Waals surface area contributed by atoms with E-state index < -0.39 is 17.4 Å². The number of unbranched alkanes of at least 4 members (excludes halogenated alkanes) is 1. The SMILES string of the molecule is CCCCOC(=O)C1(C)C(=O)OCC1C. The van der Waals surface area contributed by atoms with Crippen molar-refractivity contribution < 1.29 is 19.1 Å². The first-order valence-corrected chi connectivity index (χ1v) is 5.38. The summed E-state index contributed by atoms with van der Waals surface area (Å²) in [5.74, 6) is -1.03. The Hall–Kier alpha value is -1.06. The highest BCUT2D eigenvalue weighted by Gasteiger charge is 2.53. The van der Waals surface area contributed by atoms with Gasteiger partial charge in [-0.25, -0.2) is 0 Å². The molecule has 4 nitrogen and oxygen atoms in total. The molecule has 0 spiro atoms. The summed E-state index contributed by atoms with van der Waals surface area (Å²) < 4.78 is 9.94. The van der Waals surface area contributed by atoms with Gasteiger partial charge in [0.2, 0.25) is 0 Å². The lowest BCUT2D eigenvalue weighted by Crippen LogP contribution is -2.39. The zero-order valence-electron chi connectivity index (χ0n) is 9.54. The average Bonchev–Trinajstić information content (AvgIpc) is 2.47. The molecule has 2 unspecified atom stereocenters. The molecule has 2 atom stereocenters. The van der Waals surface area contributed by atoms with Crippen LogP contribution in [0.2, 0.25) is 0 Å². The molecule has 0 N–H and O–H groups in total. The van der Waals surface area contributed by atoms with Crippen LogP contribution < -0.4 is 0 Å². The van der Waals surface area contributed by atoms with Gasteiger partial charge in [0.25, 0.3) is 0 Å². The van der Waals surface area contributed by atoms with Crippen LogP contribution in [0.3, 0.4) is 0 Å². The number of hydrogen-bond donors (Lipinski definition) is 0. The highest BCUT2D eigenvalue weighted by atomic mass is 16.6. The van der Waals surface area contributed by atoms with Gasteiger partial charge in [-0.15, -0.1) is 0 Å². The van der Waals surface area contributed by atoms with E-state index in [-0.39, 0.29) is 5.92 Å². The van der Waals surface area contributed by atoms with Crippen LogP contribution in [0.1, 0.15) is 33.6 Å². The lowest BCUT2D eigenvalue weighted by molar-refractivity contribution is -0.165. The first-order chi connectivity index (χ1) is 7.03. The fourth-order valence-electron chi connectivity index (χ4n) is 1.46. The van der Waals surface area contributed by atoms with E-state index in [0.29, 0.717) is 13.2 Å². The normalized spacial score (nSPS) is 30.1. The number of carbonyl (C=O) groups is 2. The van der Waals surface area contributed by atoms with Gasteiger partial charge in [-0.3, -0.25) is 9.59 Å². The molecular formula is C11H18O4. The molecule has 0 amide bonds. The molecule has 1 fully saturated rings. The first-order valence-electron chi connectivity index (χ1n) is 5.38. The van der Waals surface area contributed by atoms with Gasteiger partial charge in [0, 0.05) is 5.92 Å². The number of hydrogen-bond acceptors (Lipinski definition) is 4. The Morgan fingerprint density at radius 3 is 2.80 bits per heavy atom. The fraction of sp³-hybridized carbons (Fsp3) is 0.818. The van der Waals surface area contributed by atoms with Gasteiger partial charge < -0.3 is 9.47 Å². The molecular weight excluding hydrogens is 196 g/mol. The topological polar surface area (TPSA) is 52.6 Å². The summed E-state index contributed by atoms with van der Waals surface area (Å²) in [4.78, 5) is 23.2. The molecule has 4 heteroatoms. The maximum atomic E-state index is 11.7. The van der Waals surface area contributed by atoms with Crippen LogP contribution in [0.4, 0.5) is 0 Å². The van der Waals surface area contributed by atoms with Crippen LogP contribution in [0.5, 0.6) is 0 Å². The van der Waals surface area contributed by atoms with Crippen LogP contribution in [-0.2, 0) is 19.1 Å². The first kappa shape index (κ1) is 12.0. The lowest BCUT2D eigenvalue weighted by Gasteiger charge is -2.21. The molecule has 1 saturated heterocycles. The molecule has 1 aliphatic heterocycles. The molecule has 0 bridgehead atoms. The zero-order valence-corrected chi connectivity index (χ0v) is 9.54. The fourth-order valence-corrected chi connectivity index (χ4v) is 1.46. The summed E-state index contributed by atoms with van der Waals surface area (Å²) >= 11 is 0. The minimum absolute atomic E-state index is 0.112. The second-order valence-electron chi connectivity index (χ2n) is 4.19. The van der Waals surface area contributed by atoms with Crippen LogP contribution in [0.15, 0.2) is 0 Å². The lowest BCUT2D eigenvalue weighted by atomic mass is 9.80.